The van der Waals surface area contributed by atoms with Crippen molar-refractivity contribution in [2.75, 3.05) is 7.11 Å². The Morgan fingerprint density at radius 3 is 2.43 bits per heavy atom. The average molecular weight is 507 g/mol. The minimum Gasteiger partial charge on any atom is -0.497 e. The first-order valence-electron chi connectivity index (χ1n) is 13.1. The van der Waals surface area contributed by atoms with Crippen LogP contribution in [0.4, 0.5) is 0 Å². The number of tetrazole rings is 1. The summed E-state index contributed by atoms with van der Waals surface area (Å²) in [5.41, 5.74) is 0.759. The summed E-state index contributed by atoms with van der Waals surface area (Å²) in [6.07, 6.45) is 7.92. The molecular formula is C27H34N6O4. The first-order valence-corrected chi connectivity index (χ1v) is 13.1. The van der Waals surface area contributed by atoms with Gasteiger partial charge in [0.2, 0.25) is 17.6 Å². The molecule has 2 fully saturated rings. The molecule has 5 rings (SSSR count). The largest absolute Gasteiger partial charge is 0.497 e. The van der Waals surface area contributed by atoms with Crippen LogP contribution in [0, 0.1) is 6.92 Å². The summed E-state index contributed by atoms with van der Waals surface area (Å²) < 4.78 is 10.9. The Bertz CT molecular complexity index is 1210. The van der Waals surface area contributed by atoms with Crippen molar-refractivity contribution in [1.82, 2.24) is 30.4 Å². The molecular weight excluding hydrogens is 472 g/mol. The number of hydrogen-bond donors (Lipinski definition) is 1. The van der Waals surface area contributed by atoms with Crippen LogP contribution in [0.5, 0.6) is 5.75 Å². The number of hydrogen-bond acceptors (Lipinski definition) is 7. The van der Waals surface area contributed by atoms with Gasteiger partial charge in [0.15, 0.2) is 5.76 Å². The second-order valence-corrected chi connectivity index (χ2v) is 9.96. The van der Waals surface area contributed by atoms with Gasteiger partial charge in [0, 0.05) is 12.1 Å². The standard InChI is InChI=1S/C27H34N6O4/c1-18-11-16-23(37-18)26-29-31-32(30-26)17-24(34)33(21-9-5-6-10-21)25(19-12-14-22(36-2)15-13-19)27(35)28-20-7-3-4-8-20/h11-16,20-21,25H,3-10,17H2,1-2H3,(H,28,35)/t25-/m0/s1. The zero-order chi connectivity index (χ0) is 25.8. The minimum atomic E-state index is -0.752. The lowest BCUT2D eigenvalue weighted by Crippen LogP contribution is -2.50. The number of aryl methyl sites for hydroxylation is 1. The monoisotopic (exact) mass is 506 g/mol. The van der Waals surface area contributed by atoms with Crippen LogP contribution in [0.15, 0.2) is 40.8 Å². The first kappa shape index (κ1) is 25.0. The number of amides is 2. The fourth-order valence-electron chi connectivity index (χ4n) is 5.48. The van der Waals surface area contributed by atoms with E-state index in [2.05, 4.69) is 20.7 Å². The van der Waals surface area contributed by atoms with E-state index in [9.17, 15) is 9.59 Å². The van der Waals surface area contributed by atoms with Crippen molar-refractivity contribution in [2.24, 2.45) is 0 Å². The molecule has 196 valence electrons. The maximum Gasteiger partial charge on any atom is 0.247 e. The smallest absolute Gasteiger partial charge is 0.247 e. The molecule has 0 saturated heterocycles. The third-order valence-corrected chi connectivity index (χ3v) is 7.36. The molecule has 0 bridgehead atoms. The zero-order valence-electron chi connectivity index (χ0n) is 21.4. The molecule has 0 radical (unpaired) electrons. The summed E-state index contributed by atoms with van der Waals surface area (Å²) in [6.45, 7) is 1.72. The number of benzene rings is 1. The van der Waals surface area contributed by atoms with E-state index in [-0.39, 0.29) is 30.4 Å². The van der Waals surface area contributed by atoms with Crippen LogP contribution < -0.4 is 10.1 Å². The Labute approximate surface area is 216 Å². The van der Waals surface area contributed by atoms with Crippen molar-refractivity contribution in [2.45, 2.75) is 83.0 Å². The molecule has 2 aliphatic rings. The van der Waals surface area contributed by atoms with Crippen molar-refractivity contribution in [3.8, 4) is 17.3 Å². The van der Waals surface area contributed by atoms with E-state index in [0.29, 0.717) is 17.3 Å². The molecule has 2 saturated carbocycles. The second kappa shape index (κ2) is 11.1. The maximum absolute atomic E-state index is 13.9. The van der Waals surface area contributed by atoms with Crippen molar-refractivity contribution < 1.29 is 18.7 Å². The van der Waals surface area contributed by atoms with E-state index in [0.717, 1.165) is 62.7 Å². The maximum atomic E-state index is 13.9. The topological polar surface area (TPSA) is 115 Å². The van der Waals surface area contributed by atoms with Crippen LogP contribution in [-0.4, -0.2) is 56.1 Å². The lowest BCUT2D eigenvalue weighted by Gasteiger charge is -2.36. The van der Waals surface area contributed by atoms with Gasteiger partial charge in [0.1, 0.15) is 24.1 Å². The van der Waals surface area contributed by atoms with E-state index in [1.165, 1.54) is 4.80 Å². The summed E-state index contributed by atoms with van der Waals surface area (Å²) in [7, 11) is 1.61. The van der Waals surface area contributed by atoms with Gasteiger partial charge in [-0.2, -0.15) is 4.80 Å². The Morgan fingerprint density at radius 2 is 1.78 bits per heavy atom. The SMILES string of the molecule is COc1ccc([C@@H](C(=O)NC2CCCC2)N(C(=O)Cn2nnc(-c3ccc(C)o3)n2)C2CCCC2)cc1. The molecule has 10 heteroatoms. The summed E-state index contributed by atoms with van der Waals surface area (Å²) in [6, 6.07) is 10.4. The highest BCUT2D eigenvalue weighted by Crippen LogP contribution is 2.33. The molecule has 1 aromatic carbocycles. The fraction of sp³-hybridized carbons (Fsp3) is 0.519. The molecule has 2 aliphatic carbocycles. The van der Waals surface area contributed by atoms with Crippen LogP contribution in [0.25, 0.3) is 11.6 Å². The van der Waals surface area contributed by atoms with Crippen molar-refractivity contribution >= 4 is 11.8 Å². The number of rotatable bonds is 9. The van der Waals surface area contributed by atoms with Gasteiger partial charge in [-0.3, -0.25) is 9.59 Å². The summed E-state index contributed by atoms with van der Waals surface area (Å²) >= 11 is 0. The highest BCUT2D eigenvalue weighted by molar-refractivity contribution is 5.89. The van der Waals surface area contributed by atoms with Crippen molar-refractivity contribution in [3.63, 3.8) is 0 Å². The van der Waals surface area contributed by atoms with E-state index in [4.69, 9.17) is 9.15 Å². The summed E-state index contributed by atoms with van der Waals surface area (Å²) in [4.78, 5) is 30.7. The van der Waals surface area contributed by atoms with E-state index < -0.39 is 6.04 Å². The number of nitrogens with zero attached hydrogens (tertiary/aromatic N) is 5. The molecule has 37 heavy (non-hydrogen) atoms. The van der Waals surface area contributed by atoms with Gasteiger partial charge in [-0.05, 0) is 67.6 Å². The van der Waals surface area contributed by atoms with E-state index in [1.807, 2.05) is 37.3 Å². The first-order chi connectivity index (χ1) is 18.0. The molecule has 0 unspecified atom stereocenters. The Hall–Kier alpha value is -3.69. The van der Waals surface area contributed by atoms with Crippen LogP contribution in [0.1, 0.15) is 68.7 Å². The molecule has 2 heterocycles. The normalized spacial score (nSPS) is 17.1. The zero-order valence-corrected chi connectivity index (χ0v) is 21.4. The Morgan fingerprint density at radius 1 is 1.08 bits per heavy atom. The van der Waals surface area contributed by atoms with Crippen LogP contribution in [0.3, 0.4) is 0 Å². The fourth-order valence-corrected chi connectivity index (χ4v) is 5.48. The van der Waals surface area contributed by atoms with Gasteiger partial charge in [0.25, 0.3) is 0 Å². The van der Waals surface area contributed by atoms with Gasteiger partial charge in [0.05, 0.1) is 7.11 Å². The Balaban J connectivity index is 1.44. The summed E-state index contributed by atoms with van der Waals surface area (Å²) in [5, 5.41) is 15.7. The molecule has 10 nitrogen and oxygen atoms in total. The van der Waals surface area contributed by atoms with Crippen molar-refractivity contribution in [3.05, 3.63) is 47.7 Å². The predicted octanol–water partition coefficient (Wildman–Crippen LogP) is 3.82. The third kappa shape index (κ3) is 5.68. The minimum absolute atomic E-state index is 0.0374. The number of aromatic nitrogens is 4. The number of carbonyl (C=O) groups excluding carboxylic acids is 2. The van der Waals surface area contributed by atoms with Gasteiger partial charge < -0.3 is 19.4 Å². The predicted molar refractivity (Wildman–Crippen MR) is 135 cm³/mol. The third-order valence-electron chi connectivity index (χ3n) is 7.36. The van der Waals surface area contributed by atoms with E-state index in [1.54, 1.807) is 18.1 Å². The number of nitrogens with one attached hydrogen (secondary N) is 1. The average Bonchev–Trinajstić information content (AvgIpc) is 3.71. The van der Waals surface area contributed by atoms with Crippen LogP contribution in [0.2, 0.25) is 0 Å². The highest BCUT2D eigenvalue weighted by Gasteiger charge is 2.38. The Kier molecular flexibility index (Phi) is 7.52. The molecule has 2 amide bonds. The molecule has 2 aromatic heterocycles. The number of methoxy groups -OCH3 is 1. The molecule has 1 atom stereocenters. The van der Waals surface area contributed by atoms with Crippen LogP contribution in [-0.2, 0) is 16.1 Å². The van der Waals surface area contributed by atoms with Crippen molar-refractivity contribution in [1.29, 1.82) is 0 Å². The molecule has 0 aliphatic heterocycles. The summed E-state index contributed by atoms with van der Waals surface area (Å²) in [5.74, 6) is 1.90. The quantitative estimate of drug-likeness (QED) is 0.469. The molecule has 1 N–H and O–H groups in total. The van der Waals surface area contributed by atoms with Gasteiger partial charge in [-0.15, -0.1) is 10.2 Å². The second-order valence-electron chi connectivity index (χ2n) is 9.96. The van der Waals surface area contributed by atoms with Gasteiger partial charge >= 0.3 is 0 Å². The number of ether oxygens (including phenoxy) is 1. The number of carbonyl (C=O) groups is 2. The highest BCUT2D eigenvalue weighted by atomic mass is 16.5. The van der Waals surface area contributed by atoms with Crippen LogP contribution >= 0.6 is 0 Å². The van der Waals surface area contributed by atoms with Gasteiger partial charge in [-0.25, -0.2) is 0 Å². The lowest BCUT2D eigenvalue weighted by atomic mass is 10.00. The van der Waals surface area contributed by atoms with Gasteiger partial charge in [-0.1, -0.05) is 37.8 Å². The molecule has 0 spiro atoms. The molecule has 3 aromatic rings. The van der Waals surface area contributed by atoms with E-state index >= 15 is 0 Å². The number of furan rings is 1. The lowest BCUT2D eigenvalue weighted by molar-refractivity contribution is -0.144.